The Labute approximate surface area is 102 Å². The number of carbonyl (C=O) groups is 1. The predicted molar refractivity (Wildman–Crippen MR) is 68.2 cm³/mol. The number of aromatic nitrogens is 1. The van der Waals surface area contributed by atoms with Crippen LogP contribution < -0.4 is 0 Å². The molecule has 0 N–H and O–H groups in total. The summed E-state index contributed by atoms with van der Waals surface area (Å²) in [6, 6.07) is 5.52. The lowest BCUT2D eigenvalue weighted by Gasteiger charge is -2.15. The molecule has 0 aliphatic carbocycles. The highest BCUT2D eigenvalue weighted by atomic mass is 16.5. The second-order valence-corrected chi connectivity index (χ2v) is 3.57. The molecule has 0 aliphatic heterocycles. The standard InChI is InChI=1S/C14H17NO2/c1-4-8-12(14(16)17-5-2)11(3)13-9-6-7-10-15-13/h4,6-7,9-10,12H,1,3,5,8H2,2H3. The number of allylic oxidation sites excluding steroid dienone is 1. The van der Waals surface area contributed by atoms with E-state index in [1.165, 1.54) is 0 Å². The average molecular weight is 231 g/mol. The van der Waals surface area contributed by atoms with Crippen LogP contribution in [0.25, 0.3) is 5.57 Å². The number of hydrogen-bond donors (Lipinski definition) is 0. The summed E-state index contributed by atoms with van der Waals surface area (Å²) in [5, 5.41) is 0. The fourth-order valence-corrected chi connectivity index (χ4v) is 1.52. The minimum absolute atomic E-state index is 0.275. The van der Waals surface area contributed by atoms with Crippen LogP contribution in [0.3, 0.4) is 0 Å². The van der Waals surface area contributed by atoms with Crippen molar-refractivity contribution < 1.29 is 9.53 Å². The Hall–Kier alpha value is -1.90. The summed E-state index contributed by atoms with van der Waals surface area (Å²) < 4.78 is 5.02. The Balaban J connectivity index is 2.87. The van der Waals surface area contributed by atoms with Crippen molar-refractivity contribution in [3.8, 4) is 0 Å². The van der Waals surface area contributed by atoms with Crippen molar-refractivity contribution in [3.05, 3.63) is 49.3 Å². The van der Waals surface area contributed by atoms with E-state index in [-0.39, 0.29) is 5.97 Å². The monoisotopic (exact) mass is 231 g/mol. The molecule has 0 aromatic carbocycles. The molecule has 90 valence electrons. The molecule has 0 fully saturated rings. The highest BCUT2D eigenvalue weighted by molar-refractivity contribution is 5.87. The maximum Gasteiger partial charge on any atom is 0.313 e. The average Bonchev–Trinajstić information content (AvgIpc) is 2.36. The van der Waals surface area contributed by atoms with Gasteiger partial charge in [-0.3, -0.25) is 9.78 Å². The molecule has 0 radical (unpaired) electrons. The van der Waals surface area contributed by atoms with Crippen molar-refractivity contribution in [2.24, 2.45) is 5.92 Å². The lowest BCUT2D eigenvalue weighted by atomic mass is 9.94. The van der Waals surface area contributed by atoms with Gasteiger partial charge in [0.2, 0.25) is 0 Å². The van der Waals surface area contributed by atoms with Crippen LogP contribution in [0.2, 0.25) is 0 Å². The Morgan fingerprint density at radius 1 is 1.59 bits per heavy atom. The molecule has 1 unspecified atom stereocenters. The van der Waals surface area contributed by atoms with Gasteiger partial charge in [-0.05, 0) is 31.1 Å². The van der Waals surface area contributed by atoms with E-state index >= 15 is 0 Å². The van der Waals surface area contributed by atoms with Crippen LogP contribution in [0.4, 0.5) is 0 Å². The van der Waals surface area contributed by atoms with Crippen molar-refractivity contribution >= 4 is 11.5 Å². The number of carbonyl (C=O) groups excluding carboxylic acids is 1. The summed E-state index contributed by atoms with van der Waals surface area (Å²) in [5.74, 6) is -0.676. The first kappa shape index (κ1) is 13.2. The van der Waals surface area contributed by atoms with Crippen LogP contribution in [-0.4, -0.2) is 17.6 Å². The van der Waals surface area contributed by atoms with Crippen molar-refractivity contribution in [2.45, 2.75) is 13.3 Å². The van der Waals surface area contributed by atoms with Gasteiger partial charge < -0.3 is 4.74 Å². The Bertz CT molecular complexity index is 398. The molecule has 0 amide bonds. The van der Waals surface area contributed by atoms with E-state index < -0.39 is 5.92 Å². The van der Waals surface area contributed by atoms with Gasteiger partial charge in [0.1, 0.15) is 0 Å². The molecule has 1 rings (SSSR count). The van der Waals surface area contributed by atoms with Crippen LogP contribution >= 0.6 is 0 Å². The summed E-state index contributed by atoms with van der Waals surface area (Å²) >= 11 is 0. The Morgan fingerprint density at radius 3 is 2.88 bits per heavy atom. The minimum atomic E-state index is -0.401. The van der Waals surface area contributed by atoms with Gasteiger partial charge in [0.25, 0.3) is 0 Å². The van der Waals surface area contributed by atoms with Gasteiger partial charge in [0, 0.05) is 6.20 Å². The van der Waals surface area contributed by atoms with Crippen LogP contribution in [0.5, 0.6) is 0 Å². The van der Waals surface area contributed by atoms with E-state index in [0.717, 1.165) is 0 Å². The van der Waals surface area contributed by atoms with E-state index in [4.69, 9.17) is 4.74 Å². The van der Waals surface area contributed by atoms with Gasteiger partial charge in [0.15, 0.2) is 0 Å². The van der Waals surface area contributed by atoms with E-state index in [9.17, 15) is 4.79 Å². The maximum absolute atomic E-state index is 11.8. The fraction of sp³-hybridized carbons (Fsp3) is 0.286. The van der Waals surface area contributed by atoms with E-state index in [0.29, 0.717) is 24.3 Å². The zero-order valence-corrected chi connectivity index (χ0v) is 10.1. The Morgan fingerprint density at radius 2 is 2.35 bits per heavy atom. The van der Waals surface area contributed by atoms with E-state index in [1.54, 1.807) is 19.2 Å². The third-order valence-electron chi connectivity index (χ3n) is 2.39. The van der Waals surface area contributed by atoms with Crippen LogP contribution in [-0.2, 0) is 9.53 Å². The Kier molecular flexibility index (Phi) is 5.14. The summed E-state index contributed by atoms with van der Waals surface area (Å²) in [6.07, 6.45) is 3.88. The predicted octanol–water partition coefficient (Wildman–Crippen LogP) is 2.85. The van der Waals surface area contributed by atoms with Gasteiger partial charge >= 0.3 is 5.97 Å². The number of hydrogen-bond acceptors (Lipinski definition) is 3. The first-order chi connectivity index (χ1) is 8.20. The largest absolute Gasteiger partial charge is 0.466 e. The number of esters is 1. The fourth-order valence-electron chi connectivity index (χ4n) is 1.52. The molecule has 3 heteroatoms. The van der Waals surface area contributed by atoms with Gasteiger partial charge in [-0.2, -0.15) is 0 Å². The minimum Gasteiger partial charge on any atom is -0.466 e. The topological polar surface area (TPSA) is 39.2 Å². The normalized spacial score (nSPS) is 11.6. The first-order valence-electron chi connectivity index (χ1n) is 5.58. The van der Waals surface area contributed by atoms with Gasteiger partial charge in [0.05, 0.1) is 18.2 Å². The molecule has 17 heavy (non-hydrogen) atoms. The van der Waals surface area contributed by atoms with Gasteiger partial charge in [-0.1, -0.05) is 18.7 Å². The molecule has 0 saturated heterocycles. The number of nitrogens with zero attached hydrogens (tertiary/aromatic N) is 1. The number of rotatable bonds is 6. The van der Waals surface area contributed by atoms with Crippen LogP contribution in [0.1, 0.15) is 19.0 Å². The van der Waals surface area contributed by atoms with E-state index in [1.807, 2.05) is 18.2 Å². The molecule has 1 atom stereocenters. The van der Waals surface area contributed by atoms with Gasteiger partial charge in [-0.15, -0.1) is 6.58 Å². The second kappa shape index (κ2) is 6.63. The zero-order chi connectivity index (χ0) is 12.7. The third kappa shape index (κ3) is 3.55. The highest BCUT2D eigenvalue weighted by Crippen LogP contribution is 2.24. The van der Waals surface area contributed by atoms with Crippen LogP contribution in [0, 0.1) is 5.92 Å². The quantitative estimate of drug-likeness (QED) is 0.558. The lowest BCUT2D eigenvalue weighted by Crippen LogP contribution is -2.18. The zero-order valence-electron chi connectivity index (χ0n) is 10.1. The molecule has 0 aliphatic rings. The molecule has 3 nitrogen and oxygen atoms in total. The SMILES string of the molecule is C=CCC(C(=C)c1ccccn1)C(=O)OCC. The van der Waals surface area contributed by atoms with Crippen LogP contribution in [0.15, 0.2) is 43.6 Å². The lowest BCUT2D eigenvalue weighted by molar-refractivity contribution is -0.145. The second-order valence-electron chi connectivity index (χ2n) is 3.57. The van der Waals surface area contributed by atoms with Crippen molar-refractivity contribution in [1.29, 1.82) is 0 Å². The molecule has 1 aromatic heterocycles. The van der Waals surface area contributed by atoms with Crippen molar-refractivity contribution in [3.63, 3.8) is 0 Å². The molecular formula is C14H17NO2. The molecular weight excluding hydrogens is 214 g/mol. The maximum atomic E-state index is 11.8. The first-order valence-corrected chi connectivity index (χ1v) is 5.58. The summed E-state index contributed by atoms with van der Waals surface area (Å²) in [6.45, 7) is 9.73. The third-order valence-corrected chi connectivity index (χ3v) is 2.39. The highest BCUT2D eigenvalue weighted by Gasteiger charge is 2.23. The van der Waals surface area contributed by atoms with Crippen molar-refractivity contribution in [2.75, 3.05) is 6.61 Å². The molecule has 0 spiro atoms. The molecule has 0 bridgehead atoms. The molecule has 1 heterocycles. The summed E-state index contributed by atoms with van der Waals surface area (Å²) in [5.41, 5.74) is 1.39. The van der Waals surface area contributed by atoms with E-state index in [2.05, 4.69) is 18.1 Å². The molecule has 1 aromatic rings. The summed E-state index contributed by atoms with van der Waals surface area (Å²) in [7, 11) is 0. The van der Waals surface area contributed by atoms with Crippen molar-refractivity contribution in [1.82, 2.24) is 4.98 Å². The number of pyridine rings is 1. The summed E-state index contributed by atoms with van der Waals surface area (Å²) in [4.78, 5) is 16.0. The smallest absolute Gasteiger partial charge is 0.313 e. The van der Waals surface area contributed by atoms with Gasteiger partial charge in [-0.25, -0.2) is 0 Å². The number of ether oxygens (including phenoxy) is 1. The molecule has 0 saturated carbocycles.